The maximum absolute atomic E-state index is 10.4. The molecule has 0 spiro atoms. The molecule has 0 aliphatic carbocycles. The molecule has 5 nitrogen and oxygen atoms in total. The topological polar surface area (TPSA) is 90.2 Å². The Morgan fingerprint density at radius 3 is 2.31 bits per heavy atom. The molecule has 0 bridgehead atoms. The lowest BCUT2D eigenvalue weighted by Crippen LogP contribution is -2.51. The molecule has 2 aromatic rings. The van der Waals surface area contributed by atoms with Gasteiger partial charge in [0.1, 0.15) is 17.6 Å². The molecule has 1 aliphatic rings. The maximum Gasteiger partial charge on any atom is 0.127 e. The van der Waals surface area contributed by atoms with Crippen LogP contribution in [0.2, 0.25) is 0 Å². The average molecular weight is 376 g/mol. The van der Waals surface area contributed by atoms with Gasteiger partial charge >= 0.3 is 0 Å². The molecule has 0 radical (unpaired) electrons. The van der Waals surface area contributed by atoms with Crippen LogP contribution in [0.5, 0.6) is 11.5 Å². The van der Waals surface area contributed by atoms with Crippen molar-refractivity contribution in [2.75, 3.05) is 6.61 Å². The van der Waals surface area contributed by atoms with Crippen molar-refractivity contribution in [2.45, 2.75) is 42.2 Å². The summed E-state index contributed by atoms with van der Waals surface area (Å²) in [5.41, 5.74) is 2.00. The monoisotopic (exact) mass is 376 g/mol. The highest BCUT2D eigenvalue weighted by Crippen LogP contribution is 2.43. The molecule has 4 N–H and O–H groups in total. The van der Waals surface area contributed by atoms with Crippen LogP contribution >= 0.6 is 11.8 Å². The fourth-order valence-corrected chi connectivity index (χ4v) is 4.47. The highest BCUT2D eigenvalue weighted by atomic mass is 32.2. The summed E-state index contributed by atoms with van der Waals surface area (Å²) >= 11 is 1.26. The molecule has 1 fully saturated rings. The lowest BCUT2D eigenvalue weighted by Gasteiger charge is -2.39. The quantitative estimate of drug-likeness (QED) is 0.640. The summed E-state index contributed by atoms with van der Waals surface area (Å²) in [5.74, 6) is 1.35. The molecule has 1 unspecified atom stereocenters. The predicted octanol–water partition coefficient (Wildman–Crippen LogP) is 2.27. The molecule has 0 saturated carbocycles. The summed E-state index contributed by atoms with van der Waals surface area (Å²) in [6.07, 6.45) is -2.62. The Morgan fingerprint density at radius 1 is 0.923 bits per heavy atom. The van der Waals surface area contributed by atoms with E-state index < -0.39 is 28.8 Å². The first-order valence-corrected chi connectivity index (χ1v) is 9.65. The molecular weight excluding hydrogens is 352 g/mol. The first-order chi connectivity index (χ1) is 12.5. The third kappa shape index (κ3) is 4.05. The van der Waals surface area contributed by atoms with Crippen LogP contribution in [0.15, 0.2) is 48.5 Å². The highest BCUT2D eigenvalue weighted by molar-refractivity contribution is 8.00. The molecule has 1 heterocycles. The van der Waals surface area contributed by atoms with Gasteiger partial charge in [0.15, 0.2) is 0 Å². The van der Waals surface area contributed by atoms with Crippen LogP contribution in [0.3, 0.4) is 0 Å². The third-order valence-electron chi connectivity index (χ3n) is 4.65. The summed E-state index contributed by atoms with van der Waals surface area (Å²) in [6, 6.07) is 15.2. The van der Waals surface area contributed by atoms with Crippen LogP contribution < -0.4 is 4.74 Å². The molecular formula is C20H24O5S. The number of hydrogen-bond acceptors (Lipinski definition) is 6. The molecule has 6 heteroatoms. The lowest BCUT2D eigenvalue weighted by atomic mass is 9.97. The molecule has 0 amide bonds. The molecule has 0 aromatic heterocycles. The number of aryl methyl sites for hydroxylation is 1. The van der Waals surface area contributed by atoms with Gasteiger partial charge in [0.25, 0.3) is 0 Å². The number of ether oxygens (including phenoxy) is 1. The average Bonchev–Trinajstić information content (AvgIpc) is 2.67. The Kier molecular flexibility index (Phi) is 6.21. The Bertz CT molecular complexity index is 718. The Labute approximate surface area is 157 Å². The van der Waals surface area contributed by atoms with Crippen molar-refractivity contribution in [2.24, 2.45) is 0 Å². The normalized spacial score (nSPS) is 28.7. The predicted molar refractivity (Wildman–Crippen MR) is 102 cm³/mol. The zero-order chi connectivity index (χ0) is 18.7. The van der Waals surface area contributed by atoms with Crippen LogP contribution in [-0.2, 0) is 6.42 Å². The van der Waals surface area contributed by atoms with Crippen LogP contribution in [-0.4, -0.2) is 50.6 Å². The van der Waals surface area contributed by atoms with E-state index >= 15 is 0 Å². The van der Waals surface area contributed by atoms with Crippen LogP contribution in [0.1, 0.15) is 23.3 Å². The van der Waals surface area contributed by atoms with Gasteiger partial charge < -0.3 is 25.2 Å². The second kappa shape index (κ2) is 8.41. The highest BCUT2D eigenvalue weighted by Gasteiger charge is 2.43. The second-order valence-electron chi connectivity index (χ2n) is 6.42. The van der Waals surface area contributed by atoms with E-state index in [4.69, 9.17) is 4.74 Å². The van der Waals surface area contributed by atoms with Gasteiger partial charge in [0.2, 0.25) is 0 Å². The largest absolute Gasteiger partial charge is 0.457 e. The summed E-state index contributed by atoms with van der Waals surface area (Å²) in [6.45, 7) is 1.82. The van der Waals surface area contributed by atoms with Gasteiger partial charge in [0, 0.05) is 0 Å². The van der Waals surface area contributed by atoms with E-state index in [-0.39, 0.29) is 6.61 Å². The molecule has 140 valence electrons. The summed E-state index contributed by atoms with van der Waals surface area (Å²) in [5, 5.41) is 38.8. The van der Waals surface area contributed by atoms with E-state index in [1.54, 1.807) is 0 Å². The van der Waals surface area contributed by atoms with Gasteiger partial charge in [-0.2, -0.15) is 0 Å². The van der Waals surface area contributed by atoms with Crippen molar-refractivity contribution in [3.8, 4) is 11.5 Å². The van der Waals surface area contributed by atoms with E-state index in [2.05, 4.69) is 6.92 Å². The molecule has 26 heavy (non-hydrogen) atoms. The van der Waals surface area contributed by atoms with E-state index in [1.807, 2.05) is 48.5 Å². The minimum Gasteiger partial charge on any atom is -0.457 e. The van der Waals surface area contributed by atoms with Crippen molar-refractivity contribution in [3.05, 3.63) is 59.7 Å². The van der Waals surface area contributed by atoms with Crippen LogP contribution in [0.25, 0.3) is 0 Å². The maximum atomic E-state index is 10.4. The van der Waals surface area contributed by atoms with Crippen molar-refractivity contribution in [1.29, 1.82) is 0 Å². The molecule has 5 atom stereocenters. The Hall–Kier alpha value is -1.57. The number of hydrogen-bond donors (Lipinski definition) is 4. The van der Waals surface area contributed by atoms with E-state index in [9.17, 15) is 20.4 Å². The summed E-state index contributed by atoms with van der Waals surface area (Å²) < 4.78 is 5.89. The van der Waals surface area contributed by atoms with Crippen LogP contribution in [0.4, 0.5) is 0 Å². The van der Waals surface area contributed by atoms with Gasteiger partial charge in [-0.3, -0.25) is 0 Å². The van der Waals surface area contributed by atoms with Crippen molar-refractivity contribution in [1.82, 2.24) is 0 Å². The van der Waals surface area contributed by atoms with Crippen LogP contribution in [0, 0.1) is 0 Å². The zero-order valence-electron chi connectivity index (χ0n) is 14.5. The minimum atomic E-state index is -1.30. The molecule has 1 aliphatic heterocycles. The lowest BCUT2D eigenvalue weighted by molar-refractivity contribution is -0.0700. The number of rotatable bonds is 5. The Morgan fingerprint density at radius 2 is 1.65 bits per heavy atom. The first kappa shape index (κ1) is 19.2. The van der Waals surface area contributed by atoms with Crippen molar-refractivity contribution < 1.29 is 25.2 Å². The Balaban J connectivity index is 1.79. The van der Waals surface area contributed by atoms with Crippen molar-refractivity contribution in [3.63, 3.8) is 0 Å². The SMILES string of the molecule is CCc1ccc(Oc2cccc([C@@H]3SC(CO)[C@@H](O)[C@H](O)[C@H]3O)c2)cc1. The fraction of sp³-hybridized carbons (Fsp3) is 0.400. The standard InChI is InChI=1S/C20H24O5S/c1-2-12-6-8-14(9-7-12)25-15-5-3-4-13(10-15)20-19(24)18(23)17(22)16(11-21)26-20/h3-10,16-24H,2,11H2,1H3/t16?,17-,18+,19-,20+/m1/s1. The van der Waals surface area contributed by atoms with E-state index in [0.29, 0.717) is 5.75 Å². The molecule has 2 aromatic carbocycles. The van der Waals surface area contributed by atoms with E-state index in [1.165, 1.54) is 17.3 Å². The number of aliphatic hydroxyl groups excluding tert-OH is 4. The van der Waals surface area contributed by atoms with Crippen molar-refractivity contribution >= 4 is 11.8 Å². The molecule has 1 saturated heterocycles. The fourth-order valence-electron chi connectivity index (χ4n) is 3.06. The molecule has 3 rings (SSSR count). The first-order valence-electron chi connectivity index (χ1n) is 8.70. The minimum absolute atomic E-state index is 0.272. The third-order valence-corrected chi connectivity index (χ3v) is 6.27. The van der Waals surface area contributed by atoms with Gasteiger partial charge in [-0.25, -0.2) is 0 Å². The van der Waals surface area contributed by atoms with Gasteiger partial charge in [-0.05, 0) is 41.8 Å². The number of benzene rings is 2. The summed E-state index contributed by atoms with van der Waals surface area (Å²) in [4.78, 5) is 0. The number of aliphatic hydroxyl groups is 4. The van der Waals surface area contributed by atoms with Gasteiger partial charge in [-0.1, -0.05) is 31.2 Å². The van der Waals surface area contributed by atoms with Gasteiger partial charge in [0.05, 0.1) is 29.3 Å². The zero-order valence-corrected chi connectivity index (χ0v) is 15.3. The van der Waals surface area contributed by atoms with E-state index in [0.717, 1.165) is 17.7 Å². The smallest absolute Gasteiger partial charge is 0.127 e. The van der Waals surface area contributed by atoms with Gasteiger partial charge in [-0.15, -0.1) is 11.8 Å². The summed E-state index contributed by atoms with van der Waals surface area (Å²) in [7, 11) is 0. The second-order valence-corrected chi connectivity index (χ2v) is 7.81. The number of thioether (sulfide) groups is 1.